The summed E-state index contributed by atoms with van der Waals surface area (Å²) in [6.07, 6.45) is 0.513. The quantitative estimate of drug-likeness (QED) is 0.822. The van der Waals surface area contributed by atoms with Crippen molar-refractivity contribution >= 4 is 45.2 Å². The van der Waals surface area contributed by atoms with Gasteiger partial charge in [-0.15, -0.1) is 0 Å². The van der Waals surface area contributed by atoms with E-state index in [0.29, 0.717) is 5.82 Å². The van der Waals surface area contributed by atoms with Gasteiger partial charge >= 0.3 is 6.09 Å². The first-order valence-corrected chi connectivity index (χ1v) is 5.67. The second-order valence-electron chi connectivity index (χ2n) is 2.82. The molecule has 1 aromatic heterocycles. The summed E-state index contributed by atoms with van der Waals surface area (Å²) in [5, 5.41) is 11.7. The van der Waals surface area contributed by atoms with E-state index >= 15 is 0 Å². The van der Waals surface area contributed by atoms with Gasteiger partial charge in [-0.3, -0.25) is 4.90 Å². The minimum Gasteiger partial charge on any atom is -0.465 e. The Labute approximate surface area is 107 Å². The molecule has 0 aromatic carbocycles. The molecule has 86 valence electrons. The van der Waals surface area contributed by atoms with Crippen molar-refractivity contribution < 1.29 is 9.90 Å². The third-order valence-electron chi connectivity index (χ3n) is 1.75. The minimum absolute atomic E-state index is 0.116. The molecule has 0 aliphatic rings. The Kier molecular flexibility index (Phi) is 4.63. The average molecular weight is 304 g/mol. The highest BCUT2D eigenvalue weighted by atomic mass is 79.9. The number of aromatic nitrogens is 1. The first kappa shape index (κ1) is 12.9. The first-order valence-electron chi connectivity index (χ1n) is 4.47. The number of hydrogen-bond donors (Lipinski definition) is 2. The number of halogens is 1. The number of rotatable bonds is 2. The van der Waals surface area contributed by atoms with Gasteiger partial charge in [-0.25, -0.2) is 9.78 Å². The van der Waals surface area contributed by atoms with Gasteiger partial charge in [-0.05, 0) is 47.2 Å². The van der Waals surface area contributed by atoms with Crippen LogP contribution >= 0.6 is 28.1 Å². The third kappa shape index (κ3) is 3.42. The van der Waals surface area contributed by atoms with E-state index in [1.165, 1.54) is 0 Å². The summed E-state index contributed by atoms with van der Waals surface area (Å²) in [5.41, 5.74) is 0. The predicted molar refractivity (Wildman–Crippen MR) is 68.6 cm³/mol. The van der Waals surface area contributed by atoms with Gasteiger partial charge in [0.25, 0.3) is 0 Å². The van der Waals surface area contributed by atoms with E-state index in [-0.39, 0.29) is 11.7 Å². The summed E-state index contributed by atoms with van der Waals surface area (Å²) in [5.74, 6) is 0.507. The van der Waals surface area contributed by atoms with E-state index in [4.69, 9.17) is 17.3 Å². The van der Waals surface area contributed by atoms with Crippen molar-refractivity contribution in [3.05, 3.63) is 22.8 Å². The van der Waals surface area contributed by atoms with Crippen LogP contribution in [-0.4, -0.2) is 32.7 Å². The number of thiocarbonyl (C=S) groups is 1. The number of amides is 1. The van der Waals surface area contributed by atoms with Crippen LogP contribution in [-0.2, 0) is 0 Å². The van der Waals surface area contributed by atoms with E-state index in [0.717, 1.165) is 9.37 Å². The molecule has 1 rings (SSSR count). The molecule has 0 aliphatic heterocycles. The maximum absolute atomic E-state index is 10.8. The maximum Gasteiger partial charge on any atom is 0.413 e. The fraction of sp³-hybridized carbons (Fsp3) is 0.222. The second-order valence-corrected chi connectivity index (χ2v) is 4.12. The molecule has 7 heteroatoms. The Balaban J connectivity index is 2.70. The lowest BCUT2D eigenvalue weighted by atomic mass is 10.4. The van der Waals surface area contributed by atoms with Crippen molar-refractivity contribution in [3.63, 3.8) is 0 Å². The van der Waals surface area contributed by atoms with Crippen molar-refractivity contribution in [3.8, 4) is 0 Å². The summed E-state index contributed by atoms with van der Waals surface area (Å²) in [6, 6.07) is 3.49. The van der Waals surface area contributed by atoms with Crippen LogP contribution in [0.25, 0.3) is 0 Å². The van der Waals surface area contributed by atoms with Crippen LogP contribution in [0.3, 0.4) is 0 Å². The highest BCUT2D eigenvalue weighted by Crippen LogP contribution is 2.11. The summed E-state index contributed by atoms with van der Waals surface area (Å²) in [4.78, 5) is 15.8. The van der Waals surface area contributed by atoms with Crippen LogP contribution in [0.1, 0.15) is 6.92 Å². The molecule has 0 fully saturated rings. The third-order valence-corrected chi connectivity index (χ3v) is 2.55. The topological polar surface area (TPSA) is 65.5 Å². The summed E-state index contributed by atoms with van der Waals surface area (Å²) >= 11 is 8.20. The monoisotopic (exact) mass is 303 g/mol. The standard InChI is InChI=1S/C9H10BrN3O2S/c1-2-13(9(14)15)8(16)12-7-4-3-6(10)5-11-7/h3-5H,2H2,1H3,(H,14,15)(H,11,12,16). The molecule has 0 radical (unpaired) electrons. The van der Waals surface area contributed by atoms with E-state index < -0.39 is 6.09 Å². The molecular formula is C9H10BrN3O2S. The highest BCUT2D eigenvalue weighted by Gasteiger charge is 2.14. The van der Waals surface area contributed by atoms with Gasteiger partial charge in [0, 0.05) is 17.2 Å². The maximum atomic E-state index is 10.8. The zero-order valence-corrected chi connectivity index (χ0v) is 10.9. The van der Waals surface area contributed by atoms with E-state index in [2.05, 4.69) is 26.2 Å². The van der Waals surface area contributed by atoms with Crippen molar-refractivity contribution in [2.45, 2.75) is 6.92 Å². The molecule has 5 nitrogen and oxygen atoms in total. The van der Waals surface area contributed by atoms with Crippen LogP contribution in [0.15, 0.2) is 22.8 Å². The van der Waals surface area contributed by atoms with Gasteiger partial charge in [-0.2, -0.15) is 0 Å². The van der Waals surface area contributed by atoms with Crippen LogP contribution < -0.4 is 5.32 Å². The SMILES string of the molecule is CCN(C(=O)O)C(=S)Nc1ccc(Br)cn1. The van der Waals surface area contributed by atoms with Crippen LogP contribution in [0.4, 0.5) is 10.6 Å². The molecule has 1 aromatic rings. The number of nitrogens with one attached hydrogen (secondary N) is 1. The van der Waals surface area contributed by atoms with Crippen molar-refractivity contribution in [2.75, 3.05) is 11.9 Å². The molecule has 0 atom stereocenters. The van der Waals surface area contributed by atoms with Crippen molar-refractivity contribution in [1.29, 1.82) is 0 Å². The summed E-state index contributed by atoms with van der Waals surface area (Å²) < 4.78 is 0.842. The molecule has 16 heavy (non-hydrogen) atoms. The molecule has 1 amide bonds. The van der Waals surface area contributed by atoms with E-state index in [9.17, 15) is 4.79 Å². The zero-order valence-electron chi connectivity index (χ0n) is 8.48. The molecule has 2 N–H and O–H groups in total. The first-order chi connectivity index (χ1) is 7.54. The predicted octanol–water partition coefficient (Wildman–Crippen LogP) is 2.54. The Bertz CT molecular complexity index is 396. The second kappa shape index (κ2) is 5.76. The lowest BCUT2D eigenvalue weighted by Gasteiger charge is -2.18. The largest absolute Gasteiger partial charge is 0.465 e. The lowest BCUT2D eigenvalue weighted by molar-refractivity contribution is 0.171. The van der Waals surface area contributed by atoms with Gasteiger partial charge in [0.05, 0.1) is 0 Å². The fourth-order valence-corrected chi connectivity index (χ4v) is 1.54. The number of nitrogens with zero attached hydrogens (tertiary/aromatic N) is 2. The molecule has 0 bridgehead atoms. The summed E-state index contributed by atoms with van der Waals surface area (Å²) in [6.45, 7) is 1.99. The van der Waals surface area contributed by atoms with Crippen LogP contribution in [0.5, 0.6) is 0 Å². The van der Waals surface area contributed by atoms with E-state index in [1.54, 1.807) is 25.3 Å². The van der Waals surface area contributed by atoms with Crippen LogP contribution in [0, 0.1) is 0 Å². The molecular weight excluding hydrogens is 294 g/mol. The van der Waals surface area contributed by atoms with Crippen molar-refractivity contribution in [1.82, 2.24) is 9.88 Å². The smallest absolute Gasteiger partial charge is 0.413 e. The Morgan fingerprint density at radius 3 is 2.81 bits per heavy atom. The average Bonchev–Trinajstić information content (AvgIpc) is 2.22. The molecule has 0 saturated heterocycles. The minimum atomic E-state index is -1.09. The van der Waals surface area contributed by atoms with Gasteiger partial charge in [0.15, 0.2) is 5.11 Å². The Hall–Kier alpha value is -1.21. The Morgan fingerprint density at radius 1 is 1.69 bits per heavy atom. The number of hydrogen-bond acceptors (Lipinski definition) is 3. The molecule has 0 unspecified atom stereocenters. The van der Waals surface area contributed by atoms with E-state index in [1.807, 2.05) is 0 Å². The normalized spacial score (nSPS) is 9.62. The fourth-order valence-electron chi connectivity index (χ4n) is 0.993. The molecule has 0 saturated carbocycles. The zero-order chi connectivity index (χ0) is 12.1. The van der Waals surface area contributed by atoms with Gasteiger partial charge < -0.3 is 10.4 Å². The molecule has 1 heterocycles. The van der Waals surface area contributed by atoms with Crippen LogP contribution in [0.2, 0.25) is 0 Å². The van der Waals surface area contributed by atoms with Gasteiger partial charge in [-0.1, -0.05) is 0 Å². The number of pyridine rings is 1. The lowest BCUT2D eigenvalue weighted by Crippen LogP contribution is -2.38. The summed E-state index contributed by atoms with van der Waals surface area (Å²) in [7, 11) is 0. The highest BCUT2D eigenvalue weighted by molar-refractivity contribution is 9.10. The van der Waals surface area contributed by atoms with Crippen molar-refractivity contribution in [2.24, 2.45) is 0 Å². The molecule has 0 spiro atoms. The Morgan fingerprint density at radius 2 is 2.38 bits per heavy atom. The number of anilines is 1. The number of carbonyl (C=O) groups is 1. The molecule has 0 aliphatic carbocycles. The van der Waals surface area contributed by atoms with Gasteiger partial charge in [0.1, 0.15) is 5.82 Å². The number of carboxylic acid groups (broad SMARTS) is 1. The van der Waals surface area contributed by atoms with Gasteiger partial charge in [0.2, 0.25) is 0 Å².